The van der Waals surface area contributed by atoms with Crippen molar-refractivity contribution < 1.29 is 31.1 Å². The number of benzene rings is 2. The third kappa shape index (κ3) is 3.89. The zero-order chi connectivity index (χ0) is 20.8. The van der Waals surface area contributed by atoms with Crippen LogP contribution < -0.4 is 0 Å². The van der Waals surface area contributed by atoms with Gasteiger partial charge in [0.05, 0.1) is 4.90 Å². The molecule has 2 aromatic rings. The Morgan fingerprint density at radius 1 is 1.29 bits per heavy atom. The quantitative estimate of drug-likeness (QED) is 0.670. The van der Waals surface area contributed by atoms with E-state index >= 15 is 4.39 Å². The Bertz CT molecular complexity index is 1040. The summed E-state index contributed by atoms with van der Waals surface area (Å²) in [7, 11) is -3.80. The Morgan fingerprint density at radius 2 is 1.96 bits per heavy atom. The number of hydrogen-bond acceptors (Lipinski definition) is 4. The fourth-order valence-electron chi connectivity index (χ4n) is 3.46. The van der Waals surface area contributed by atoms with Crippen molar-refractivity contribution in [1.82, 2.24) is 0 Å². The molecule has 3 rings (SSSR count). The molecule has 9 heteroatoms. The number of alkyl halides is 2. The molecule has 1 aliphatic rings. The summed E-state index contributed by atoms with van der Waals surface area (Å²) in [5, 5.41) is -0.0109. The molecular weight excluding hydrogens is 417 g/mol. The van der Waals surface area contributed by atoms with Crippen molar-refractivity contribution in [3.8, 4) is 0 Å². The molecule has 0 saturated heterocycles. The van der Waals surface area contributed by atoms with E-state index in [1.54, 1.807) is 0 Å². The average Bonchev–Trinajstić information content (AvgIpc) is 2.87. The van der Waals surface area contributed by atoms with Crippen molar-refractivity contribution >= 4 is 27.4 Å². The van der Waals surface area contributed by atoms with Crippen LogP contribution in [-0.4, -0.2) is 26.8 Å². The van der Waals surface area contributed by atoms with Gasteiger partial charge in [0, 0.05) is 30.2 Å². The first-order valence-corrected chi connectivity index (χ1v) is 10.5. The molecule has 0 amide bonds. The van der Waals surface area contributed by atoms with Crippen LogP contribution >= 0.6 is 11.6 Å². The molecule has 0 aromatic heterocycles. The molecular formula is C19H16ClF3O4S. The molecule has 0 fully saturated rings. The van der Waals surface area contributed by atoms with E-state index in [0.717, 1.165) is 31.4 Å². The largest absolute Gasteiger partial charge is 0.454 e. The lowest BCUT2D eigenvalue weighted by Gasteiger charge is -2.19. The first-order chi connectivity index (χ1) is 13.0. The van der Waals surface area contributed by atoms with Gasteiger partial charge in [-0.15, -0.1) is 0 Å². The van der Waals surface area contributed by atoms with Crippen molar-refractivity contribution in [2.45, 2.75) is 36.7 Å². The standard InChI is InChI=1S/C19H16ClF3O4S/c1-9(24)27-19-15(22)8-14-13(3-4-16(17(14)19)28(2,25)26)18(23)10-5-11(20)7-12(21)6-10/h3-7,15,18-19H,8H2,1-2H3/t15-,18+,19-/m1/s1. The fourth-order valence-corrected chi connectivity index (χ4v) is 4.64. The minimum atomic E-state index is -3.80. The molecule has 0 spiro atoms. The van der Waals surface area contributed by atoms with E-state index in [9.17, 15) is 22.0 Å². The maximum absolute atomic E-state index is 15.2. The molecule has 4 nitrogen and oxygen atoms in total. The van der Waals surface area contributed by atoms with E-state index in [1.807, 2.05) is 0 Å². The van der Waals surface area contributed by atoms with E-state index in [0.29, 0.717) is 0 Å². The van der Waals surface area contributed by atoms with Gasteiger partial charge in [0.1, 0.15) is 12.0 Å². The number of sulfone groups is 1. The van der Waals surface area contributed by atoms with Crippen LogP contribution in [0.5, 0.6) is 0 Å². The Hall–Kier alpha value is -2.06. The SMILES string of the molecule is CC(=O)O[C@H]1c2c(S(C)(=O)=O)ccc([C@@H](F)c3cc(F)cc(Cl)c3)c2C[C@H]1F. The van der Waals surface area contributed by atoms with Crippen molar-refractivity contribution in [3.63, 3.8) is 0 Å². The van der Waals surface area contributed by atoms with Gasteiger partial charge in [0.2, 0.25) is 0 Å². The molecule has 0 N–H and O–H groups in total. The van der Waals surface area contributed by atoms with Gasteiger partial charge in [0.25, 0.3) is 0 Å². The molecule has 0 bridgehead atoms. The van der Waals surface area contributed by atoms with E-state index in [4.69, 9.17) is 16.3 Å². The van der Waals surface area contributed by atoms with Crippen molar-refractivity contribution in [2.24, 2.45) is 0 Å². The number of fused-ring (bicyclic) bond motifs is 1. The summed E-state index contributed by atoms with van der Waals surface area (Å²) < 4.78 is 72.7. The summed E-state index contributed by atoms with van der Waals surface area (Å²) in [5.41, 5.74) is -0.102. The molecule has 0 aliphatic heterocycles. The molecule has 2 aromatic carbocycles. The predicted molar refractivity (Wildman–Crippen MR) is 97.0 cm³/mol. The van der Waals surface area contributed by atoms with Crippen LogP contribution in [0.4, 0.5) is 13.2 Å². The summed E-state index contributed by atoms with van der Waals surface area (Å²) in [6, 6.07) is 5.58. The predicted octanol–water partition coefficient (Wildman–Crippen LogP) is 4.44. The van der Waals surface area contributed by atoms with Crippen LogP contribution in [0.3, 0.4) is 0 Å². The van der Waals surface area contributed by atoms with Gasteiger partial charge in [-0.3, -0.25) is 4.79 Å². The van der Waals surface area contributed by atoms with Crippen LogP contribution in [0.1, 0.15) is 41.5 Å². The van der Waals surface area contributed by atoms with Gasteiger partial charge in [0.15, 0.2) is 22.1 Å². The van der Waals surface area contributed by atoms with Gasteiger partial charge < -0.3 is 4.74 Å². The highest BCUT2D eigenvalue weighted by molar-refractivity contribution is 7.90. The second-order valence-electron chi connectivity index (χ2n) is 6.63. The zero-order valence-corrected chi connectivity index (χ0v) is 16.5. The number of hydrogen-bond donors (Lipinski definition) is 0. The number of ether oxygens (including phenoxy) is 1. The maximum atomic E-state index is 15.2. The number of rotatable bonds is 4. The highest BCUT2D eigenvalue weighted by atomic mass is 35.5. The minimum Gasteiger partial charge on any atom is -0.454 e. The summed E-state index contributed by atoms with van der Waals surface area (Å²) in [6.07, 6.45) is -4.48. The molecule has 0 heterocycles. The second kappa shape index (κ2) is 7.40. The zero-order valence-electron chi connectivity index (χ0n) is 14.9. The van der Waals surface area contributed by atoms with Crippen LogP contribution in [0.15, 0.2) is 35.2 Å². The third-order valence-corrected chi connectivity index (χ3v) is 5.88. The van der Waals surface area contributed by atoms with Crippen LogP contribution in [0.2, 0.25) is 5.02 Å². The topological polar surface area (TPSA) is 60.4 Å². The Kier molecular flexibility index (Phi) is 5.46. The smallest absolute Gasteiger partial charge is 0.303 e. The second-order valence-corrected chi connectivity index (χ2v) is 9.05. The fraction of sp³-hybridized carbons (Fsp3) is 0.316. The molecule has 0 radical (unpaired) electrons. The van der Waals surface area contributed by atoms with E-state index in [-0.39, 0.29) is 38.6 Å². The average molecular weight is 433 g/mol. The maximum Gasteiger partial charge on any atom is 0.303 e. The summed E-state index contributed by atoms with van der Waals surface area (Å²) in [5.74, 6) is -1.53. The number of carbonyl (C=O) groups is 1. The van der Waals surface area contributed by atoms with Crippen LogP contribution in [0.25, 0.3) is 0 Å². The highest BCUT2D eigenvalue weighted by Gasteiger charge is 2.41. The Balaban J connectivity index is 2.20. The lowest BCUT2D eigenvalue weighted by molar-refractivity contribution is -0.149. The van der Waals surface area contributed by atoms with E-state index in [1.165, 1.54) is 12.1 Å². The van der Waals surface area contributed by atoms with Gasteiger partial charge in [-0.05, 0) is 41.0 Å². The molecule has 0 saturated carbocycles. The number of carbonyl (C=O) groups excluding carboxylic acids is 1. The van der Waals surface area contributed by atoms with Gasteiger partial charge in [-0.25, -0.2) is 21.6 Å². The summed E-state index contributed by atoms with van der Waals surface area (Å²) >= 11 is 5.78. The first-order valence-electron chi connectivity index (χ1n) is 8.26. The van der Waals surface area contributed by atoms with Crippen molar-refractivity contribution in [3.05, 3.63) is 63.4 Å². The third-order valence-electron chi connectivity index (χ3n) is 4.51. The number of halogens is 4. The molecule has 3 atom stereocenters. The number of esters is 1. The lowest BCUT2D eigenvalue weighted by atomic mass is 9.95. The summed E-state index contributed by atoms with van der Waals surface area (Å²) in [4.78, 5) is 11.1. The molecule has 1 aliphatic carbocycles. The molecule has 28 heavy (non-hydrogen) atoms. The Morgan fingerprint density at radius 3 is 2.54 bits per heavy atom. The van der Waals surface area contributed by atoms with Gasteiger partial charge >= 0.3 is 5.97 Å². The molecule has 0 unspecified atom stereocenters. The normalized spacial score (nSPS) is 19.9. The first kappa shape index (κ1) is 20.7. The van der Waals surface area contributed by atoms with Gasteiger partial charge in [-0.1, -0.05) is 17.7 Å². The minimum absolute atomic E-state index is 0.0109. The van der Waals surface area contributed by atoms with E-state index < -0.39 is 40.1 Å². The highest BCUT2D eigenvalue weighted by Crippen LogP contribution is 2.45. The van der Waals surface area contributed by atoms with E-state index in [2.05, 4.69) is 0 Å². The molecule has 150 valence electrons. The Labute approximate surface area is 165 Å². The summed E-state index contributed by atoms with van der Waals surface area (Å²) in [6.45, 7) is 1.07. The van der Waals surface area contributed by atoms with Crippen molar-refractivity contribution in [1.29, 1.82) is 0 Å². The van der Waals surface area contributed by atoms with Crippen molar-refractivity contribution in [2.75, 3.05) is 6.26 Å². The monoisotopic (exact) mass is 432 g/mol. The van der Waals surface area contributed by atoms with Gasteiger partial charge in [-0.2, -0.15) is 0 Å². The van der Waals surface area contributed by atoms with Crippen LogP contribution in [-0.2, 0) is 25.8 Å². The van der Waals surface area contributed by atoms with Crippen LogP contribution in [0, 0.1) is 5.82 Å². The lowest BCUT2D eigenvalue weighted by Crippen LogP contribution is -2.17.